The van der Waals surface area contributed by atoms with Crippen molar-refractivity contribution in [3.8, 4) is 0 Å². The van der Waals surface area contributed by atoms with Gasteiger partial charge in [-0.15, -0.1) is 0 Å². The molecule has 0 radical (unpaired) electrons. The molecule has 0 aliphatic carbocycles. The highest BCUT2D eigenvalue weighted by atomic mass is 19.4. The van der Waals surface area contributed by atoms with Crippen LogP contribution in [0.4, 0.5) is 13.2 Å². The number of halogens is 3. The smallest absolute Gasteiger partial charge is 0.475 e. The van der Waals surface area contributed by atoms with Gasteiger partial charge in [-0.3, -0.25) is 9.58 Å². The summed E-state index contributed by atoms with van der Waals surface area (Å²) in [6.45, 7) is 5.48. The average Bonchev–Trinajstić information content (AvgIpc) is 3.19. The number of alkyl halides is 3. The first kappa shape index (κ1) is 25.2. The van der Waals surface area contributed by atoms with Crippen molar-refractivity contribution in [2.75, 3.05) is 33.5 Å². The van der Waals surface area contributed by atoms with Crippen molar-refractivity contribution in [2.24, 2.45) is 5.92 Å². The van der Waals surface area contributed by atoms with Crippen LogP contribution in [0.3, 0.4) is 0 Å². The van der Waals surface area contributed by atoms with Crippen molar-refractivity contribution in [1.82, 2.24) is 14.7 Å². The number of fused-ring (bicyclic) bond motifs is 1. The normalized spacial score (nSPS) is 19.5. The van der Waals surface area contributed by atoms with E-state index in [1.165, 1.54) is 16.8 Å². The lowest BCUT2D eigenvalue weighted by Crippen LogP contribution is -2.38. The predicted octanol–water partition coefficient (Wildman–Crippen LogP) is 3.69. The molecule has 182 valence electrons. The van der Waals surface area contributed by atoms with Crippen LogP contribution in [-0.2, 0) is 33.8 Å². The first-order valence-corrected chi connectivity index (χ1v) is 11.0. The molecule has 3 heterocycles. The van der Waals surface area contributed by atoms with Crippen LogP contribution in [-0.4, -0.2) is 65.4 Å². The summed E-state index contributed by atoms with van der Waals surface area (Å²) in [5.74, 6) is -2.09. The summed E-state index contributed by atoms with van der Waals surface area (Å²) in [5.41, 5.74) is 4.11. The van der Waals surface area contributed by atoms with Crippen molar-refractivity contribution in [1.29, 1.82) is 0 Å². The monoisotopic (exact) mass is 469 g/mol. The molecule has 2 aliphatic rings. The Hall–Kier alpha value is -2.43. The molecule has 10 heteroatoms. The minimum absolute atomic E-state index is 0.270. The second-order valence-corrected chi connectivity index (χ2v) is 8.27. The summed E-state index contributed by atoms with van der Waals surface area (Å²) < 4.78 is 45.1. The number of ether oxygens (including phenoxy) is 2. The zero-order valence-corrected chi connectivity index (χ0v) is 18.6. The number of rotatable bonds is 6. The van der Waals surface area contributed by atoms with E-state index in [1.54, 1.807) is 7.11 Å². The average molecular weight is 470 g/mol. The van der Waals surface area contributed by atoms with E-state index in [0.29, 0.717) is 12.5 Å². The number of aliphatic carboxylic acids is 1. The van der Waals surface area contributed by atoms with Gasteiger partial charge in [-0.1, -0.05) is 30.3 Å². The van der Waals surface area contributed by atoms with Gasteiger partial charge in [0.1, 0.15) is 0 Å². The highest BCUT2D eigenvalue weighted by molar-refractivity contribution is 5.73. The van der Waals surface area contributed by atoms with E-state index in [1.807, 2.05) is 0 Å². The Morgan fingerprint density at radius 2 is 1.91 bits per heavy atom. The lowest BCUT2D eigenvalue weighted by atomic mass is 9.97. The number of nitrogens with zero attached hydrogens (tertiary/aromatic N) is 3. The van der Waals surface area contributed by atoms with Crippen LogP contribution in [0.2, 0.25) is 0 Å². The van der Waals surface area contributed by atoms with Crippen molar-refractivity contribution < 1.29 is 32.5 Å². The van der Waals surface area contributed by atoms with E-state index in [9.17, 15) is 13.2 Å². The van der Waals surface area contributed by atoms with Crippen molar-refractivity contribution in [3.63, 3.8) is 0 Å². The molecule has 0 spiro atoms. The van der Waals surface area contributed by atoms with Gasteiger partial charge in [-0.05, 0) is 36.3 Å². The Labute approximate surface area is 191 Å². The molecule has 1 atom stereocenters. The minimum atomic E-state index is -5.08. The summed E-state index contributed by atoms with van der Waals surface area (Å²) >= 11 is 0. The molecule has 0 bridgehead atoms. The van der Waals surface area contributed by atoms with Crippen LogP contribution >= 0.6 is 0 Å². The Morgan fingerprint density at radius 1 is 1.24 bits per heavy atom. The molecular weight excluding hydrogens is 439 g/mol. The Kier molecular flexibility index (Phi) is 8.87. The number of hydrogen-bond acceptors (Lipinski definition) is 5. The molecule has 1 saturated heterocycles. The molecule has 1 fully saturated rings. The van der Waals surface area contributed by atoms with Crippen molar-refractivity contribution in [3.05, 3.63) is 53.3 Å². The van der Waals surface area contributed by atoms with E-state index in [0.717, 1.165) is 52.1 Å². The molecule has 1 aromatic heterocycles. The van der Waals surface area contributed by atoms with Crippen LogP contribution in [0.15, 0.2) is 36.5 Å². The topological polar surface area (TPSA) is 76.8 Å². The largest absolute Gasteiger partial charge is 0.490 e. The lowest BCUT2D eigenvalue weighted by molar-refractivity contribution is -0.192. The standard InChI is InChI=1S/C21H29N3O2.C2HF3O2/c1-25-16-20-21-19(7-10-23(20)14-17-5-3-2-4-6-17)13-22-24(21)15-18-8-11-26-12-9-18;3-2(4,5)1(6)7/h2-6,13,18,20H,7-12,14-16H2,1H3;(H,6,7). The zero-order valence-electron chi connectivity index (χ0n) is 18.6. The highest BCUT2D eigenvalue weighted by Crippen LogP contribution is 2.32. The highest BCUT2D eigenvalue weighted by Gasteiger charge is 2.38. The molecule has 1 unspecified atom stereocenters. The van der Waals surface area contributed by atoms with Crippen LogP contribution in [0.25, 0.3) is 0 Å². The number of hydrogen-bond donors (Lipinski definition) is 1. The number of carboxylic acids is 1. The fraction of sp³-hybridized carbons (Fsp3) is 0.565. The van der Waals surface area contributed by atoms with E-state index in [4.69, 9.17) is 24.5 Å². The summed E-state index contributed by atoms with van der Waals surface area (Å²) in [4.78, 5) is 11.4. The Bertz CT molecular complexity index is 883. The molecule has 1 aromatic carbocycles. The SMILES string of the molecule is COCC1c2c(cnn2CC2CCOCC2)CCN1Cc1ccccc1.O=C(O)C(F)(F)F. The first-order valence-electron chi connectivity index (χ1n) is 11.0. The maximum absolute atomic E-state index is 10.6. The van der Waals surface area contributed by atoms with E-state index >= 15 is 0 Å². The third-order valence-corrected chi connectivity index (χ3v) is 5.95. The minimum Gasteiger partial charge on any atom is -0.475 e. The van der Waals surface area contributed by atoms with Crippen molar-refractivity contribution in [2.45, 2.75) is 44.6 Å². The molecule has 33 heavy (non-hydrogen) atoms. The van der Waals surface area contributed by atoms with E-state index < -0.39 is 12.1 Å². The molecule has 4 rings (SSSR count). The van der Waals surface area contributed by atoms with Crippen LogP contribution < -0.4 is 0 Å². The fourth-order valence-corrected chi connectivity index (χ4v) is 4.27. The van der Waals surface area contributed by atoms with Crippen molar-refractivity contribution >= 4 is 5.97 Å². The number of carboxylic acid groups (broad SMARTS) is 1. The first-order chi connectivity index (χ1) is 15.8. The third kappa shape index (κ3) is 7.02. The van der Waals surface area contributed by atoms with Crippen LogP contribution in [0, 0.1) is 5.92 Å². The molecule has 7 nitrogen and oxygen atoms in total. The van der Waals surface area contributed by atoms with Gasteiger partial charge < -0.3 is 14.6 Å². The van der Waals surface area contributed by atoms with Gasteiger partial charge in [0.15, 0.2) is 0 Å². The maximum Gasteiger partial charge on any atom is 0.490 e. The van der Waals surface area contributed by atoms with Gasteiger partial charge in [0.05, 0.1) is 24.5 Å². The quantitative estimate of drug-likeness (QED) is 0.696. The number of aromatic nitrogens is 2. The lowest BCUT2D eigenvalue weighted by Gasteiger charge is -2.36. The fourth-order valence-electron chi connectivity index (χ4n) is 4.27. The van der Waals surface area contributed by atoms with Gasteiger partial charge in [-0.2, -0.15) is 18.3 Å². The summed E-state index contributed by atoms with van der Waals surface area (Å²) in [6.07, 6.45) is 0.335. The van der Waals surface area contributed by atoms with Gasteiger partial charge in [-0.25, -0.2) is 4.79 Å². The van der Waals surface area contributed by atoms with Gasteiger partial charge in [0.2, 0.25) is 0 Å². The second kappa shape index (κ2) is 11.6. The van der Waals surface area contributed by atoms with Crippen LogP contribution in [0.1, 0.15) is 35.7 Å². The molecule has 2 aliphatic heterocycles. The number of carbonyl (C=O) groups is 1. The second-order valence-electron chi connectivity index (χ2n) is 8.27. The van der Waals surface area contributed by atoms with Gasteiger partial charge >= 0.3 is 12.1 Å². The Morgan fingerprint density at radius 3 is 2.52 bits per heavy atom. The molecular formula is C23H30F3N3O4. The molecule has 1 N–H and O–H groups in total. The van der Waals surface area contributed by atoms with Gasteiger partial charge in [0, 0.05) is 40.0 Å². The summed E-state index contributed by atoms with van der Waals surface area (Å²) in [6, 6.07) is 11.0. The molecule has 0 amide bonds. The summed E-state index contributed by atoms with van der Waals surface area (Å²) in [7, 11) is 1.80. The molecule has 2 aromatic rings. The number of benzene rings is 1. The van der Waals surface area contributed by atoms with Crippen LogP contribution in [0.5, 0.6) is 0 Å². The Balaban J connectivity index is 0.000000383. The molecule has 0 saturated carbocycles. The third-order valence-electron chi connectivity index (χ3n) is 5.95. The maximum atomic E-state index is 10.6. The van der Waals surface area contributed by atoms with Gasteiger partial charge in [0.25, 0.3) is 0 Å². The zero-order chi connectivity index (χ0) is 23.8. The van der Waals surface area contributed by atoms with E-state index in [2.05, 4.69) is 46.1 Å². The van der Waals surface area contributed by atoms with E-state index in [-0.39, 0.29) is 6.04 Å². The predicted molar refractivity (Wildman–Crippen MR) is 115 cm³/mol. The summed E-state index contributed by atoms with van der Waals surface area (Å²) in [5, 5.41) is 11.9. The number of methoxy groups -OCH3 is 1.